The van der Waals surface area contributed by atoms with E-state index >= 15 is 0 Å². The average molecular weight is 493 g/mol. The maximum absolute atomic E-state index is 13.0. The average Bonchev–Trinajstić information content (AvgIpc) is 2.74. The second-order valence-corrected chi connectivity index (χ2v) is 9.45. The molecule has 0 aliphatic heterocycles. The van der Waals surface area contributed by atoms with Crippen LogP contribution in [0, 0.1) is 5.92 Å². The molecule has 2 fully saturated rings. The minimum absolute atomic E-state index is 0.0179. The van der Waals surface area contributed by atoms with Crippen molar-refractivity contribution in [2.45, 2.75) is 88.1 Å². The zero-order valence-electron chi connectivity index (χ0n) is 18.6. The molecule has 11 heteroatoms. The van der Waals surface area contributed by atoms with E-state index in [2.05, 4.69) is 10.6 Å². The number of carbonyl (C=O) groups is 2. The summed E-state index contributed by atoms with van der Waals surface area (Å²) in [5.74, 6) is -0.885. The Morgan fingerprint density at radius 1 is 0.882 bits per heavy atom. The van der Waals surface area contributed by atoms with E-state index < -0.39 is 40.6 Å². The summed E-state index contributed by atoms with van der Waals surface area (Å²) in [5.41, 5.74) is 1.91. The van der Waals surface area contributed by atoms with Crippen LogP contribution in [0.1, 0.15) is 75.3 Å². The van der Waals surface area contributed by atoms with Gasteiger partial charge in [-0.2, -0.15) is 26.3 Å². The summed E-state index contributed by atoms with van der Waals surface area (Å²) < 4.78 is 78.0. The van der Waals surface area contributed by atoms with Gasteiger partial charge in [-0.25, -0.2) is 0 Å². The molecule has 2 amide bonds. The standard InChI is InChI=1S/C23H29F6N3O2/c24-22(25,26)15-11-16(23(27,28)29)13-18(12-15)31-19(33)10-14-4-6-17(7-5-14)32-20(34)21(30)8-2-1-3-9-21/h11-14,17H,1-10,30H2,(H,31,33)(H,32,34). The van der Waals surface area contributed by atoms with E-state index in [9.17, 15) is 35.9 Å². The molecule has 190 valence electrons. The predicted molar refractivity (Wildman–Crippen MR) is 114 cm³/mol. The van der Waals surface area contributed by atoms with Crippen LogP contribution >= 0.6 is 0 Å². The summed E-state index contributed by atoms with van der Waals surface area (Å²) in [6, 6.07) is 0.942. The van der Waals surface area contributed by atoms with Gasteiger partial charge in [0.25, 0.3) is 0 Å². The first-order valence-corrected chi connectivity index (χ1v) is 11.5. The zero-order valence-corrected chi connectivity index (χ0v) is 18.6. The molecule has 0 saturated heterocycles. The number of amides is 2. The Hall–Kier alpha value is -2.30. The van der Waals surface area contributed by atoms with E-state index in [4.69, 9.17) is 5.73 Å². The van der Waals surface area contributed by atoms with Crippen molar-refractivity contribution in [1.29, 1.82) is 0 Å². The first-order chi connectivity index (χ1) is 15.8. The van der Waals surface area contributed by atoms with Crippen LogP contribution in [-0.2, 0) is 21.9 Å². The lowest BCUT2D eigenvalue weighted by atomic mass is 9.80. The lowest BCUT2D eigenvalue weighted by Crippen LogP contribution is -2.57. The minimum Gasteiger partial charge on any atom is -0.352 e. The van der Waals surface area contributed by atoms with Gasteiger partial charge in [0.05, 0.1) is 16.7 Å². The molecule has 0 spiro atoms. The highest BCUT2D eigenvalue weighted by Gasteiger charge is 2.38. The van der Waals surface area contributed by atoms with Gasteiger partial charge in [-0.3, -0.25) is 9.59 Å². The second-order valence-electron chi connectivity index (χ2n) is 9.45. The first kappa shape index (κ1) is 26.3. The van der Waals surface area contributed by atoms with Crippen molar-refractivity contribution < 1.29 is 35.9 Å². The Morgan fingerprint density at radius 2 is 1.41 bits per heavy atom. The lowest BCUT2D eigenvalue weighted by molar-refractivity contribution is -0.143. The molecule has 2 aliphatic carbocycles. The van der Waals surface area contributed by atoms with Crippen LogP contribution in [0.25, 0.3) is 0 Å². The molecule has 0 heterocycles. The molecule has 0 bridgehead atoms. The van der Waals surface area contributed by atoms with Crippen molar-refractivity contribution in [2.24, 2.45) is 11.7 Å². The predicted octanol–water partition coefficient (Wildman–Crippen LogP) is 5.39. The number of hydrogen-bond acceptors (Lipinski definition) is 3. The Kier molecular flexibility index (Phi) is 7.84. The Balaban J connectivity index is 1.53. The monoisotopic (exact) mass is 493 g/mol. The molecule has 2 aliphatic rings. The van der Waals surface area contributed by atoms with Crippen LogP contribution in [0.3, 0.4) is 0 Å². The number of rotatable bonds is 5. The minimum atomic E-state index is -4.98. The molecule has 1 aromatic carbocycles. The molecule has 0 aromatic heterocycles. The molecule has 3 rings (SSSR count). The fourth-order valence-corrected chi connectivity index (χ4v) is 4.75. The number of anilines is 1. The van der Waals surface area contributed by atoms with Crippen molar-refractivity contribution in [3.63, 3.8) is 0 Å². The van der Waals surface area contributed by atoms with Crippen molar-refractivity contribution in [3.8, 4) is 0 Å². The number of benzene rings is 1. The summed E-state index contributed by atoms with van der Waals surface area (Å²) in [5, 5.41) is 5.19. The third kappa shape index (κ3) is 6.86. The Labute approximate surface area is 193 Å². The number of halogens is 6. The van der Waals surface area contributed by atoms with Crippen LogP contribution in [0.2, 0.25) is 0 Å². The van der Waals surface area contributed by atoms with Crippen molar-refractivity contribution in [1.82, 2.24) is 5.32 Å². The van der Waals surface area contributed by atoms with Gasteiger partial charge >= 0.3 is 12.4 Å². The van der Waals surface area contributed by atoms with E-state index in [-0.39, 0.29) is 30.4 Å². The lowest BCUT2D eigenvalue weighted by Gasteiger charge is -2.35. The van der Waals surface area contributed by atoms with Crippen LogP contribution in [0.15, 0.2) is 18.2 Å². The molecule has 5 nitrogen and oxygen atoms in total. The third-order valence-corrected chi connectivity index (χ3v) is 6.73. The van der Waals surface area contributed by atoms with Crippen LogP contribution in [0.4, 0.5) is 32.0 Å². The first-order valence-electron chi connectivity index (χ1n) is 11.5. The van der Waals surface area contributed by atoms with Gasteiger partial charge in [-0.05, 0) is 62.6 Å². The van der Waals surface area contributed by atoms with Crippen LogP contribution < -0.4 is 16.4 Å². The van der Waals surface area contributed by atoms with Gasteiger partial charge in [0.2, 0.25) is 11.8 Å². The van der Waals surface area contributed by atoms with E-state index in [1.165, 1.54) is 0 Å². The normalized spacial score (nSPS) is 23.3. The maximum atomic E-state index is 13.0. The molecular weight excluding hydrogens is 464 g/mol. The highest BCUT2D eigenvalue weighted by Crippen LogP contribution is 2.38. The smallest absolute Gasteiger partial charge is 0.352 e. The van der Waals surface area contributed by atoms with Gasteiger partial charge in [0.1, 0.15) is 0 Å². The number of nitrogens with one attached hydrogen (secondary N) is 2. The molecule has 34 heavy (non-hydrogen) atoms. The van der Waals surface area contributed by atoms with E-state index in [1.807, 2.05) is 0 Å². The fraction of sp³-hybridized carbons (Fsp3) is 0.652. The van der Waals surface area contributed by atoms with Crippen molar-refractivity contribution in [3.05, 3.63) is 29.3 Å². The molecule has 0 atom stereocenters. The number of carbonyl (C=O) groups excluding carboxylic acids is 2. The molecule has 1 aromatic rings. The summed E-state index contributed by atoms with van der Waals surface area (Å²) in [6.07, 6.45) is -3.32. The Morgan fingerprint density at radius 3 is 1.91 bits per heavy atom. The molecular formula is C23H29F6N3O2. The highest BCUT2D eigenvalue weighted by atomic mass is 19.4. The largest absolute Gasteiger partial charge is 0.416 e. The quantitative estimate of drug-likeness (QED) is 0.481. The van der Waals surface area contributed by atoms with Gasteiger partial charge in [0, 0.05) is 18.2 Å². The topological polar surface area (TPSA) is 84.2 Å². The number of hydrogen-bond donors (Lipinski definition) is 3. The van der Waals surface area contributed by atoms with Crippen LogP contribution in [0.5, 0.6) is 0 Å². The molecule has 0 radical (unpaired) electrons. The summed E-state index contributed by atoms with van der Waals surface area (Å²) >= 11 is 0. The van der Waals surface area contributed by atoms with Gasteiger partial charge < -0.3 is 16.4 Å². The molecule has 4 N–H and O–H groups in total. The number of alkyl halides is 6. The molecule has 2 saturated carbocycles. The van der Waals surface area contributed by atoms with Crippen molar-refractivity contribution in [2.75, 3.05) is 5.32 Å². The maximum Gasteiger partial charge on any atom is 0.416 e. The third-order valence-electron chi connectivity index (χ3n) is 6.73. The summed E-state index contributed by atoms with van der Waals surface area (Å²) in [7, 11) is 0. The fourth-order valence-electron chi connectivity index (χ4n) is 4.75. The number of nitrogens with two attached hydrogens (primary N) is 1. The highest BCUT2D eigenvalue weighted by molar-refractivity contribution is 5.91. The van der Waals surface area contributed by atoms with Crippen LogP contribution in [-0.4, -0.2) is 23.4 Å². The summed E-state index contributed by atoms with van der Waals surface area (Å²) in [4.78, 5) is 24.9. The van der Waals surface area contributed by atoms with Gasteiger partial charge in [0.15, 0.2) is 0 Å². The van der Waals surface area contributed by atoms with E-state index in [1.54, 1.807) is 0 Å². The van der Waals surface area contributed by atoms with Gasteiger partial charge in [-0.15, -0.1) is 0 Å². The van der Waals surface area contributed by atoms with E-state index in [0.29, 0.717) is 50.7 Å². The Bertz CT molecular complexity index is 853. The second kappa shape index (κ2) is 10.1. The zero-order chi connectivity index (χ0) is 25.1. The SMILES string of the molecule is NC1(C(=O)NC2CCC(CC(=O)Nc3cc(C(F)(F)F)cc(C(F)(F)F)c3)CC2)CCCCC1. The summed E-state index contributed by atoms with van der Waals surface area (Å²) in [6.45, 7) is 0. The van der Waals surface area contributed by atoms with Crippen molar-refractivity contribution >= 4 is 17.5 Å². The van der Waals surface area contributed by atoms with E-state index in [0.717, 1.165) is 19.3 Å². The van der Waals surface area contributed by atoms with Gasteiger partial charge in [-0.1, -0.05) is 19.3 Å². The molecule has 0 unspecified atom stereocenters.